The van der Waals surface area contributed by atoms with Crippen LogP contribution < -0.4 is 10.3 Å². The molecule has 7 nitrogen and oxygen atoms in total. The van der Waals surface area contributed by atoms with Crippen LogP contribution in [0.1, 0.15) is 16.8 Å². The molecule has 0 saturated carbocycles. The molecule has 0 aliphatic rings. The van der Waals surface area contributed by atoms with E-state index in [0.717, 1.165) is 34.0 Å². The highest BCUT2D eigenvalue weighted by molar-refractivity contribution is 7.92. The second kappa shape index (κ2) is 7.90. The molecule has 0 amide bonds. The number of hydrogen-bond donors (Lipinski definition) is 1. The van der Waals surface area contributed by atoms with Crippen LogP contribution in [-0.2, 0) is 30.5 Å². The van der Waals surface area contributed by atoms with Crippen molar-refractivity contribution in [1.29, 1.82) is 0 Å². The Labute approximate surface area is 185 Å². The maximum atomic E-state index is 13.3. The van der Waals surface area contributed by atoms with Crippen molar-refractivity contribution in [1.82, 2.24) is 14.3 Å². The first kappa shape index (κ1) is 21.8. The lowest BCUT2D eigenvalue weighted by Crippen LogP contribution is -2.18. The Bertz CT molecular complexity index is 1480. The van der Waals surface area contributed by atoms with Crippen LogP contribution >= 0.6 is 0 Å². The molecule has 0 spiro atoms. The Hall–Kier alpha value is -3.46. The number of halogens is 1. The fraction of sp³-hybridized carbons (Fsp3) is 0.217. The van der Waals surface area contributed by atoms with E-state index in [0.29, 0.717) is 23.2 Å². The second-order valence-corrected chi connectivity index (χ2v) is 9.74. The first-order valence-corrected chi connectivity index (χ1v) is 11.8. The smallest absolute Gasteiger partial charge is 0.253 e. The van der Waals surface area contributed by atoms with E-state index < -0.39 is 10.0 Å². The number of hydrogen-bond acceptors (Lipinski definition) is 4. The van der Waals surface area contributed by atoms with Gasteiger partial charge in [0.2, 0.25) is 10.0 Å². The summed E-state index contributed by atoms with van der Waals surface area (Å²) in [4.78, 5) is 12.1. The number of benzene rings is 2. The van der Waals surface area contributed by atoms with Crippen molar-refractivity contribution < 1.29 is 12.8 Å². The SMILES string of the molecule is Cc1cc(-c2cc(NS(C)(=O)=O)c3c(c2)c(Cc2ccc(F)cc2)nn3C)cn(C)c1=O. The molecule has 32 heavy (non-hydrogen) atoms. The van der Waals surface area contributed by atoms with E-state index in [4.69, 9.17) is 0 Å². The van der Waals surface area contributed by atoms with E-state index in [1.807, 2.05) is 6.07 Å². The number of sulfonamides is 1. The number of nitrogens with zero attached hydrogens (tertiary/aromatic N) is 3. The van der Waals surface area contributed by atoms with E-state index in [9.17, 15) is 17.6 Å². The van der Waals surface area contributed by atoms with E-state index >= 15 is 0 Å². The lowest BCUT2D eigenvalue weighted by Gasteiger charge is -2.12. The lowest BCUT2D eigenvalue weighted by molar-refractivity contribution is 0.607. The molecular weight excluding hydrogens is 431 g/mol. The molecule has 9 heteroatoms. The lowest BCUT2D eigenvalue weighted by atomic mass is 10.00. The number of rotatable bonds is 5. The maximum Gasteiger partial charge on any atom is 0.253 e. The predicted octanol–water partition coefficient (Wildman–Crippen LogP) is 3.35. The highest BCUT2D eigenvalue weighted by atomic mass is 32.2. The minimum atomic E-state index is -3.55. The van der Waals surface area contributed by atoms with Gasteiger partial charge in [-0.1, -0.05) is 12.1 Å². The van der Waals surface area contributed by atoms with Gasteiger partial charge in [0.1, 0.15) is 5.82 Å². The topological polar surface area (TPSA) is 86.0 Å². The van der Waals surface area contributed by atoms with E-state index in [1.54, 1.807) is 56.2 Å². The summed E-state index contributed by atoms with van der Waals surface area (Å²) in [6.45, 7) is 1.74. The minimum absolute atomic E-state index is 0.0947. The normalized spacial score (nSPS) is 11.8. The van der Waals surface area contributed by atoms with Gasteiger partial charge >= 0.3 is 0 Å². The molecule has 0 aliphatic heterocycles. The fourth-order valence-corrected chi connectivity index (χ4v) is 4.45. The van der Waals surface area contributed by atoms with Crippen molar-refractivity contribution >= 4 is 26.6 Å². The molecule has 0 aliphatic carbocycles. The molecule has 0 saturated heterocycles. The van der Waals surface area contributed by atoms with Crippen LogP contribution in [0.3, 0.4) is 0 Å². The average molecular weight is 455 g/mol. The Balaban J connectivity index is 1.95. The molecule has 166 valence electrons. The summed E-state index contributed by atoms with van der Waals surface area (Å²) in [6, 6.07) is 11.7. The van der Waals surface area contributed by atoms with Gasteiger partial charge in [-0.3, -0.25) is 14.2 Å². The summed E-state index contributed by atoms with van der Waals surface area (Å²) < 4.78 is 43.2. The number of anilines is 1. The zero-order valence-electron chi connectivity index (χ0n) is 18.2. The van der Waals surface area contributed by atoms with Crippen LogP contribution in [0.2, 0.25) is 0 Å². The largest absolute Gasteiger partial charge is 0.318 e. The Morgan fingerprint density at radius 1 is 1.06 bits per heavy atom. The zero-order valence-corrected chi connectivity index (χ0v) is 19.0. The van der Waals surface area contributed by atoms with Crippen LogP contribution in [0.4, 0.5) is 10.1 Å². The number of pyridine rings is 1. The van der Waals surface area contributed by atoms with Crippen molar-refractivity contribution in [3.63, 3.8) is 0 Å². The third kappa shape index (κ3) is 4.29. The summed E-state index contributed by atoms with van der Waals surface area (Å²) in [6.07, 6.45) is 3.26. The zero-order chi connectivity index (χ0) is 23.2. The molecule has 1 N–H and O–H groups in total. The van der Waals surface area contributed by atoms with Gasteiger partial charge < -0.3 is 4.57 Å². The van der Waals surface area contributed by atoms with Gasteiger partial charge in [0.25, 0.3) is 5.56 Å². The molecule has 0 unspecified atom stereocenters. The van der Waals surface area contributed by atoms with Crippen LogP contribution in [0.25, 0.3) is 22.0 Å². The van der Waals surface area contributed by atoms with Gasteiger partial charge in [-0.2, -0.15) is 5.10 Å². The summed E-state index contributed by atoms with van der Waals surface area (Å²) >= 11 is 0. The molecule has 2 aromatic heterocycles. The van der Waals surface area contributed by atoms with Crippen molar-refractivity contribution in [2.75, 3.05) is 11.0 Å². The monoisotopic (exact) mass is 454 g/mol. The van der Waals surface area contributed by atoms with Gasteiger partial charge in [-0.25, -0.2) is 12.8 Å². The molecule has 4 aromatic rings. The van der Waals surface area contributed by atoms with Crippen molar-refractivity contribution in [2.24, 2.45) is 14.1 Å². The second-order valence-electron chi connectivity index (χ2n) is 8.00. The summed E-state index contributed by atoms with van der Waals surface area (Å²) in [5, 5.41) is 5.39. The van der Waals surface area contributed by atoms with E-state index in [-0.39, 0.29) is 11.4 Å². The molecule has 4 rings (SSSR count). The number of aromatic nitrogens is 3. The highest BCUT2D eigenvalue weighted by Gasteiger charge is 2.18. The molecule has 0 fully saturated rings. The molecule has 0 radical (unpaired) electrons. The van der Waals surface area contributed by atoms with Crippen LogP contribution in [0, 0.1) is 12.7 Å². The average Bonchev–Trinajstić information content (AvgIpc) is 3.02. The molecule has 0 bridgehead atoms. The summed E-state index contributed by atoms with van der Waals surface area (Å²) in [5.74, 6) is -0.313. The third-order valence-corrected chi connectivity index (χ3v) is 5.88. The van der Waals surface area contributed by atoms with Crippen molar-refractivity contribution in [3.8, 4) is 11.1 Å². The number of fused-ring (bicyclic) bond motifs is 1. The van der Waals surface area contributed by atoms with E-state index in [1.165, 1.54) is 16.7 Å². The molecular formula is C23H23FN4O3S. The molecule has 2 aromatic carbocycles. The van der Waals surface area contributed by atoms with Gasteiger partial charge in [-0.15, -0.1) is 0 Å². The van der Waals surface area contributed by atoms with Crippen molar-refractivity contribution in [2.45, 2.75) is 13.3 Å². The van der Waals surface area contributed by atoms with E-state index in [2.05, 4.69) is 9.82 Å². The third-order valence-electron chi connectivity index (χ3n) is 5.29. The van der Waals surface area contributed by atoms with Crippen molar-refractivity contribution in [3.05, 3.63) is 81.7 Å². The maximum absolute atomic E-state index is 13.3. The summed E-state index contributed by atoms with van der Waals surface area (Å²) in [7, 11) is -0.122. The standard InChI is InChI=1S/C23H23FN4O3S/c1-14-9-17(13-27(2)23(14)29)16-11-19-20(10-15-5-7-18(24)8-6-15)25-28(3)22(19)21(12-16)26-32(4,30)31/h5-9,11-13,26H,10H2,1-4H3. The Morgan fingerprint density at radius 3 is 2.38 bits per heavy atom. The quantitative estimate of drug-likeness (QED) is 0.501. The van der Waals surface area contributed by atoms with Gasteiger partial charge in [0.05, 0.1) is 23.2 Å². The Morgan fingerprint density at radius 2 is 1.75 bits per heavy atom. The first-order valence-electron chi connectivity index (χ1n) is 9.91. The van der Waals surface area contributed by atoms with Crippen LogP contribution in [0.5, 0.6) is 0 Å². The number of nitrogens with one attached hydrogen (secondary N) is 1. The predicted molar refractivity (Wildman–Crippen MR) is 124 cm³/mol. The Kier molecular flexibility index (Phi) is 5.37. The summed E-state index contributed by atoms with van der Waals surface area (Å²) in [5.41, 5.74) is 4.66. The van der Waals surface area contributed by atoms with Crippen LogP contribution in [0.15, 0.2) is 53.5 Å². The van der Waals surface area contributed by atoms with Crippen LogP contribution in [-0.4, -0.2) is 29.0 Å². The fourth-order valence-electron chi connectivity index (χ4n) is 3.89. The van der Waals surface area contributed by atoms with Gasteiger partial charge in [-0.05, 0) is 53.9 Å². The minimum Gasteiger partial charge on any atom is -0.318 e. The molecule has 0 atom stereocenters. The van der Waals surface area contributed by atoms with Gasteiger partial charge in [0, 0.05) is 37.7 Å². The molecule has 2 heterocycles. The first-order chi connectivity index (χ1) is 15.0. The number of aryl methyl sites for hydroxylation is 3. The highest BCUT2D eigenvalue weighted by Crippen LogP contribution is 2.34. The van der Waals surface area contributed by atoms with Gasteiger partial charge in [0.15, 0.2) is 0 Å².